The van der Waals surface area contributed by atoms with Crippen molar-refractivity contribution in [1.82, 2.24) is 0 Å². The fourth-order valence-corrected chi connectivity index (χ4v) is 6.46. The number of carbonyl (C=O) groups is 2. The zero-order chi connectivity index (χ0) is 29.2. The molecule has 0 aliphatic heterocycles. The van der Waals surface area contributed by atoms with Crippen LogP contribution in [0.25, 0.3) is 0 Å². The molecule has 2 atom stereocenters. The molecule has 0 fully saturated rings. The molecule has 0 aromatic carbocycles. The van der Waals surface area contributed by atoms with Gasteiger partial charge in [-0.1, -0.05) is 75.7 Å². The van der Waals surface area contributed by atoms with E-state index in [9.17, 15) is 9.59 Å². The average Bonchev–Trinajstić information content (AvgIpc) is 2.52. The molecule has 0 aromatic rings. The molecule has 0 aromatic heterocycles. The van der Waals surface area contributed by atoms with Crippen LogP contribution in [0.5, 0.6) is 0 Å². The number of ether oxygens (including phenoxy) is 2. The molecule has 0 aliphatic carbocycles. The fraction of sp³-hybridized carbons (Fsp3) is 0.935. The predicted octanol–water partition coefficient (Wildman–Crippen LogP) is 8.71. The maximum absolute atomic E-state index is 13.4. The van der Waals surface area contributed by atoms with Gasteiger partial charge in [-0.25, -0.2) is 0 Å². The lowest BCUT2D eigenvalue weighted by Crippen LogP contribution is -2.49. The molecule has 0 amide bonds. The number of esters is 2. The molecule has 210 valence electrons. The van der Waals surface area contributed by atoms with E-state index in [0.717, 1.165) is 25.7 Å². The Kier molecular flexibility index (Phi) is 11.1. The molecule has 0 saturated heterocycles. The predicted molar refractivity (Wildman–Crippen MR) is 153 cm³/mol. The summed E-state index contributed by atoms with van der Waals surface area (Å²) >= 11 is 0. The van der Waals surface area contributed by atoms with E-state index >= 15 is 0 Å². The third-order valence-corrected chi connectivity index (χ3v) is 6.65. The molecule has 0 heterocycles. The zero-order valence-electron chi connectivity index (χ0n) is 26.8. The largest absolute Gasteiger partial charge is 0.462 e. The normalized spacial score (nSPS) is 16.8. The molecular formula is C31H59BO4. The van der Waals surface area contributed by atoms with Gasteiger partial charge in [-0.2, -0.15) is 0 Å². The number of hydrogen-bond acceptors (Lipinski definition) is 4. The SMILES string of the molecule is [B]C(C)(CC(C)(C)C(=O)OC(C)(C)CC(C)(C)C)C(OC(=O)C(C)(C)CCC)C(C)(C)CC(C)(C)C. The minimum Gasteiger partial charge on any atom is -0.462 e. The van der Waals surface area contributed by atoms with Crippen LogP contribution in [0, 0.1) is 27.1 Å². The summed E-state index contributed by atoms with van der Waals surface area (Å²) in [6.45, 7) is 32.7. The Hall–Kier alpha value is -0.995. The van der Waals surface area contributed by atoms with Crippen LogP contribution in [0.1, 0.15) is 143 Å². The number of hydrogen-bond donors (Lipinski definition) is 0. The molecule has 2 radical (unpaired) electrons. The van der Waals surface area contributed by atoms with Gasteiger partial charge in [0.1, 0.15) is 11.7 Å². The van der Waals surface area contributed by atoms with Crippen molar-refractivity contribution in [2.75, 3.05) is 0 Å². The Morgan fingerprint density at radius 2 is 1.11 bits per heavy atom. The van der Waals surface area contributed by atoms with E-state index in [-0.39, 0.29) is 22.8 Å². The molecule has 36 heavy (non-hydrogen) atoms. The lowest BCUT2D eigenvalue weighted by atomic mass is 9.53. The van der Waals surface area contributed by atoms with Gasteiger partial charge in [0.15, 0.2) is 0 Å². The molecular weight excluding hydrogens is 447 g/mol. The highest BCUT2D eigenvalue weighted by molar-refractivity contribution is 6.15. The molecule has 0 saturated carbocycles. The van der Waals surface area contributed by atoms with Crippen molar-refractivity contribution in [3.63, 3.8) is 0 Å². The highest BCUT2D eigenvalue weighted by Gasteiger charge is 2.50. The maximum Gasteiger partial charge on any atom is 0.312 e. The van der Waals surface area contributed by atoms with E-state index in [1.165, 1.54) is 0 Å². The van der Waals surface area contributed by atoms with Gasteiger partial charge in [0.2, 0.25) is 0 Å². The summed E-state index contributed by atoms with van der Waals surface area (Å²) in [5, 5.41) is -0.955. The zero-order valence-corrected chi connectivity index (χ0v) is 26.8. The van der Waals surface area contributed by atoms with Crippen LogP contribution < -0.4 is 0 Å². The van der Waals surface area contributed by atoms with Gasteiger partial charge in [-0.05, 0) is 83.4 Å². The van der Waals surface area contributed by atoms with Crippen molar-refractivity contribution in [1.29, 1.82) is 0 Å². The Labute approximate surface area is 225 Å². The van der Waals surface area contributed by atoms with Crippen LogP contribution >= 0.6 is 0 Å². The van der Waals surface area contributed by atoms with Gasteiger partial charge in [-0.3, -0.25) is 9.59 Å². The van der Waals surface area contributed by atoms with Gasteiger partial charge < -0.3 is 9.47 Å². The third-order valence-electron chi connectivity index (χ3n) is 6.65. The summed E-state index contributed by atoms with van der Waals surface area (Å²) in [4.78, 5) is 26.8. The number of carbonyl (C=O) groups excluding carboxylic acids is 2. The quantitative estimate of drug-likeness (QED) is 0.196. The first-order valence-electron chi connectivity index (χ1n) is 13.8. The number of rotatable bonds is 12. The minimum atomic E-state index is -0.955. The van der Waals surface area contributed by atoms with Gasteiger partial charge in [-0.15, -0.1) is 0 Å². The molecule has 0 N–H and O–H groups in total. The van der Waals surface area contributed by atoms with Crippen molar-refractivity contribution in [2.24, 2.45) is 27.1 Å². The van der Waals surface area contributed by atoms with Gasteiger partial charge >= 0.3 is 11.9 Å². The third kappa shape index (κ3) is 11.6. The first-order chi connectivity index (χ1) is 15.6. The second-order valence-electron chi connectivity index (χ2n) is 16.6. The Morgan fingerprint density at radius 1 is 0.667 bits per heavy atom. The van der Waals surface area contributed by atoms with Crippen molar-refractivity contribution in [3.05, 3.63) is 0 Å². The molecule has 0 aliphatic rings. The van der Waals surface area contributed by atoms with E-state index in [1.807, 2.05) is 48.5 Å². The lowest BCUT2D eigenvalue weighted by molar-refractivity contribution is -0.176. The molecule has 0 bridgehead atoms. The van der Waals surface area contributed by atoms with Gasteiger partial charge in [0.05, 0.1) is 18.7 Å². The summed E-state index contributed by atoms with van der Waals surface area (Å²) in [5.41, 5.74) is -2.44. The van der Waals surface area contributed by atoms with Crippen LogP contribution in [-0.4, -0.2) is 31.5 Å². The highest BCUT2D eigenvalue weighted by atomic mass is 16.6. The molecule has 0 rings (SSSR count). The first kappa shape index (κ1) is 35.0. The van der Waals surface area contributed by atoms with E-state index in [4.69, 9.17) is 17.3 Å². The summed E-state index contributed by atoms with van der Waals surface area (Å²) in [6, 6.07) is 0. The minimum absolute atomic E-state index is 0.00853. The van der Waals surface area contributed by atoms with E-state index in [1.54, 1.807) is 0 Å². The summed E-state index contributed by atoms with van der Waals surface area (Å²) in [6.07, 6.45) is 2.92. The second-order valence-corrected chi connectivity index (χ2v) is 16.6. The fourth-order valence-electron chi connectivity index (χ4n) is 6.46. The summed E-state index contributed by atoms with van der Waals surface area (Å²) in [5.74, 6) is -0.516. The van der Waals surface area contributed by atoms with Crippen LogP contribution in [0.3, 0.4) is 0 Å². The maximum atomic E-state index is 13.4. The highest BCUT2D eigenvalue weighted by Crippen LogP contribution is 2.52. The van der Waals surface area contributed by atoms with E-state index in [0.29, 0.717) is 6.42 Å². The first-order valence-corrected chi connectivity index (χ1v) is 13.8. The Morgan fingerprint density at radius 3 is 1.50 bits per heavy atom. The van der Waals surface area contributed by atoms with E-state index in [2.05, 4.69) is 62.3 Å². The van der Waals surface area contributed by atoms with Gasteiger partial charge in [0.25, 0.3) is 0 Å². The Balaban J connectivity index is 6.17. The monoisotopic (exact) mass is 506 g/mol. The molecule has 2 unspecified atom stereocenters. The van der Waals surface area contributed by atoms with E-state index < -0.39 is 33.3 Å². The van der Waals surface area contributed by atoms with Crippen LogP contribution in [0.2, 0.25) is 5.31 Å². The Bertz CT molecular complexity index is 746. The van der Waals surface area contributed by atoms with Crippen molar-refractivity contribution < 1.29 is 19.1 Å². The summed E-state index contributed by atoms with van der Waals surface area (Å²) in [7, 11) is 7.04. The van der Waals surface area contributed by atoms with Crippen molar-refractivity contribution in [3.8, 4) is 0 Å². The topological polar surface area (TPSA) is 52.6 Å². The second kappa shape index (κ2) is 11.4. The standard InChI is InChI=1S/C31H59BO4/c1-17-18-27(8,9)23(33)35-22(28(10,11)19-25(2,3)4)31(16,32)21-29(12,13)24(34)36-30(14,15)20-26(5,6)7/h22H,17-21H2,1-16H3. The van der Waals surface area contributed by atoms with Crippen molar-refractivity contribution >= 4 is 19.8 Å². The average molecular weight is 507 g/mol. The van der Waals surface area contributed by atoms with Crippen LogP contribution in [-0.2, 0) is 19.1 Å². The lowest BCUT2D eigenvalue weighted by Gasteiger charge is -2.49. The smallest absolute Gasteiger partial charge is 0.312 e. The molecule has 4 nitrogen and oxygen atoms in total. The van der Waals surface area contributed by atoms with Gasteiger partial charge in [0, 0.05) is 5.41 Å². The van der Waals surface area contributed by atoms with Crippen LogP contribution in [0.4, 0.5) is 0 Å². The van der Waals surface area contributed by atoms with Crippen molar-refractivity contribution in [2.45, 2.75) is 160 Å². The molecule has 5 heteroatoms. The summed E-state index contributed by atoms with van der Waals surface area (Å²) < 4.78 is 12.4. The molecule has 0 spiro atoms. The van der Waals surface area contributed by atoms with Crippen LogP contribution in [0.15, 0.2) is 0 Å².